The van der Waals surface area contributed by atoms with Crippen molar-refractivity contribution in [1.29, 1.82) is 0 Å². The van der Waals surface area contributed by atoms with E-state index in [2.05, 4.69) is 29.0 Å². The van der Waals surface area contributed by atoms with E-state index in [1.165, 1.54) is 25.9 Å². The zero-order valence-corrected chi connectivity index (χ0v) is 13.4. The molecule has 0 saturated carbocycles. The molecule has 0 aliphatic carbocycles. The maximum absolute atomic E-state index is 12.6. The standard InChI is InChI=1S/C16H31N3O/c1-4-18-9-5-6-14(11-18)12-19-10-13(2)7-8-15(17-3)16(19)20/h13-15,17H,4-12H2,1-3H3. The van der Waals surface area contributed by atoms with E-state index in [1.807, 2.05) is 7.05 Å². The fourth-order valence-electron chi connectivity index (χ4n) is 3.68. The van der Waals surface area contributed by atoms with Crippen LogP contribution in [0.5, 0.6) is 0 Å². The largest absolute Gasteiger partial charge is 0.341 e. The molecule has 2 saturated heterocycles. The third-order valence-electron chi connectivity index (χ3n) is 4.97. The van der Waals surface area contributed by atoms with Crippen molar-refractivity contribution in [2.24, 2.45) is 11.8 Å². The van der Waals surface area contributed by atoms with Gasteiger partial charge in [0.15, 0.2) is 0 Å². The normalized spacial score (nSPS) is 33.2. The molecule has 1 N–H and O–H groups in total. The van der Waals surface area contributed by atoms with Gasteiger partial charge in [0.2, 0.25) is 5.91 Å². The number of carbonyl (C=O) groups excluding carboxylic acids is 1. The highest BCUT2D eigenvalue weighted by Crippen LogP contribution is 2.22. The lowest BCUT2D eigenvalue weighted by atomic mass is 9.97. The Kier molecular flexibility index (Phi) is 5.85. The highest BCUT2D eigenvalue weighted by Gasteiger charge is 2.31. The summed E-state index contributed by atoms with van der Waals surface area (Å²) in [6.45, 7) is 9.95. The Labute approximate surface area is 123 Å². The molecular formula is C16H31N3O. The molecule has 3 unspecified atom stereocenters. The number of rotatable bonds is 4. The van der Waals surface area contributed by atoms with Crippen LogP contribution < -0.4 is 5.32 Å². The molecule has 0 bridgehead atoms. The Hall–Kier alpha value is -0.610. The quantitative estimate of drug-likeness (QED) is 0.849. The molecule has 0 aromatic rings. The second kappa shape index (κ2) is 7.41. The molecule has 2 aliphatic rings. The summed E-state index contributed by atoms with van der Waals surface area (Å²) in [5, 5.41) is 3.20. The van der Waals surface area contributed by atoms with Crippen LogP contribution in [0, 0.1) is 11.8 Å². The van der Waals surface area contributed by atoms with E-state index in [9.17, 15) is 4.79 Å². The van der Waals surface area contributed by atoms with Gasteiger partial charge < -0.3 is 15.1 Å². The van der Waals surface area contributed by atoms with Crippen molar-refractivity contribution in [3.05, 3.63) is 0 Å². The molecular weight excluding hydrogens is 250 g/mol. The molecule has 2 heterocycles. The van der Waals surface area contributed by atoms with Gasteiger partial charge in [-0.15, -0.1) is 0 Å². The summed E-state index contributed by atoms with van der Waals surface area (Å²) in [6, 6.07) is 0.0332. The van der Waals surface area contributed by atoms with E-state index in [0.717, 1.165) is 32.5 Å². The van der Waals surface area contributed by atoms with E-state index >= 15 is 0 Å². The first-order valence-corrected chi connectivity index (χ1v) is 8.32. The van der Waals surface area contributed by atoms with Crippen molar-refractivity contribution >= 4 is 5.91 Å². The summed E-state index contributed by atoms with van der Waals surface area (Å²) in [5.74, 6) is 1.61. The second-order valence-corrected chi connectivity index (χ2v) is 6.67. The van der Waals surface area contributed by atoms with Crippen molar-refractivity contribution < 1.29 is 4.79 Å². The number of carbonyl (C=O) groups is 1. The van der Waals surface area contributed by atoms with Crippen LogP contribution in [-0.2, 0) is 4.79 Å². The summed E-state index contributed by atoms with van der Waals surface area (Å²) in [6.07, 6.45) is 4.70. The lowest BCUT2D eigenvalue weighted by Crippen LogP contribution is -2.48. The summed E-state index contributed by atoms with van der Waals surface area (Å²) in [5.41, 5.74) is 0. The first-order chi connectivity index (χ1) is 9.63. The summed E-state index contributed by atoms with van der Waals surface area (Å²) < 4.78 is 0. The monoisotopic (exact) mass is 281 g/mol. The molecule has 4 heteroatoms. The number of amides is 1. The first kappa shape index (κ1) is 15.8. The maximum Gasteiger partial charge on any atom is 0.239 e. The fourth-order valence-corrected chi connectivity index (χ4v) is 3.68. The lowest BCUT2D eigenvalue weighted by molar-refractivity contribution is -0.134. The molecule has 116 valence electrons. The van der Waals surface area contributed by atoms with Crippen LogP contribution in [0.15, 0.2) is 0 Å². The Bertz CT molecular complexity index is 321. The summed E-state index contributed by atoms with van der Waals surface area (Å²) in [7, 11) is 1.91. The Morgan fingerprint density at radius 1 is 1.25 bits per heavy atom. The van der Waals surface area contributed by atoms with E-state index in [1.54, 1.807) is 0 Å². The van der Waals surface area contributed by atoms with Gasteiger partial charge in [-0.2, -0.15) is 0 Å². The van der Waals surface area contributed by atoms with Crippen LogP contribution in [0.25, 0.3) is 0 Å². The van der Waals surface area contributed by atoms with E-state index in [0.29, 0.717) is 17.7 Å². The molecule has 0 radical (unpaired) electrons. The number of hydrogen-bond donors (Lipinski definition) is 1. The zero-order valence-electron chi connectivity index (χ0n) is 13.4. The van der Waals surface area contributed by atoms with Crippen LogP contribution in [0.4, 0.5) is 0 Å². The van der Waals surface area contributed by atoms with Crippen LogP contribution in [-0.4, -0.2) is 61.5 Å². The van der Waals surface area contributed by atoms with Crippen molar-refractivity contribution in [1.82, 2.24) is 15.1 Å². The molecule has 20 heavy (non-hydrogen) atoms. The minimum absolute atomic E-state index is 0.0332. The predicted octanol–water partition coefficient (Wildman–Crippen LogP) is 1.56. The highest BCUT2D eigenvalue weighted by molar-refractivity contribution is 5.82. The van der Waals surface area contributed by atoms with Gasteiger partial charge in [0, 0.05) is 19.6 Å². The average molecular weight is 281 g/mol. The van der Waals surface area contributed by atoms with E-state index in [-0.39, 0.29) is 6.04 Å². The minimum atomic E-state index is 0.0332. The number of hydrogen-bond acceptors (Lipinski definition) is 3. The number of likely N-dealkylation sites (N-methyl/N-ethyl adjacent to an activating group) is 1. The maximum atomic E-state index is 12.6. The van der Waals surface area contributed by atoms with Crippen molar-refractivity contribution in [2.75, 3.05) is 39.8 Å². The van der Waals surface area contributed by atoms with Gasteiger partial charge in [-0.25, -0.2) is 0 Å². The molecule has 2 fully saturated rings. The Balaban J connectivity index is 1.96. The van der Waals surface area contributed by atoms with Crippen LogP contribution in [0.2, 0.25) is 0 Å². The van der Waals surface area contributed by atoms with Crippen molar-refractivity contribution in [3.8, 4) is 0 Å². The van der Waals surface area contributed by atoms with E-state index < -0.39 is 0 Å². The number of likely N-dealkylation sites (tertiary alicyclic amines) is 2. The average Bonchev–Trinajstić information content (AvgIpc) is 2.59. The van der Waals surface area contributed by atoms with Gasteiger partial charge in [-0.05, 0) is 57.7 Å². The number of nitrogens with one attached hydrogen (secondary N) is 1. The van der Waals surface area contributed by atoms with Gasteiger partial charge in [-0.3, -0.25) is 4.79 Å². The van der Waals surface area contributed by atoms with Crippen LogP contribution in [0.1, 0.15) is 39.5 Å². The molecule has 0 spiro atoms. The Morgan fingerprint density at radius 2 is 2.05 bits per heavy atom. The summed E-state index contributed by atoms with van der Waals surface area (Å²) in [4.78, 5) is 17.3. The third kappa shape index (κ3) is 3.95. The van der Waals surface area contributed by atoms with Crippen molar-refractivity contribution in [3.63, 3.8) is 0 Å². The molecule has 2 rings (SSSR count). The molecule has 3 atom stereocenters. The van der Waals surface area contributed by atoms with Gasteiger partial charge in [0.05, 0.1) is 6.04 Å². The summed E-state index contributed by atoms with van der Waals surface area (Å²) >= 11 is 0. The number of piperidine rings is 1. The molecule has 1 amide bonds. The minimum Gasteiger partial charge on any atom is -0.341 e. The first-order valence-electron chi connectivity index (χ1n) is 8.32. The highest BCUT2D eigenvalue weighted by atomic mass is 16.2. The lowest BCUT2D eigenvalue weighted by Gasteiger charge is -2.36. The third-order valence-corrected chi connectivity index (χ3v) is 4.97. The molecule has 0 aromatic carbocycles. The molecule has 2 aliphatic heterocycles. The fraction of sp³-hybridized carbons (Fsp3) is 0.938. The van der Waals surface area contributed by atoms with Gasteiger partial charge in [0.1, 0.15) is 0 Å². The van der Waals surface area contributed by atoms with Gasteiger partial charge >= 0.3 is 0 Å². The van der Waals surface area contributed by atoms with Gasteiger partial charge in [-0.1, -0.05) is 13.8 Å². The predicted molar refractivity (Wildman–Crippen MR) is 82.7 cm³/mol. The topological polar surface area (TPSA) is 35.6 Å². The van der Waals surface area contributed by atoms with Gasteiger partial charge in [0.25, 0.3) is 0 Å². The number of nitrogens with zero attached hydrogens (tertiary/aromatic N) is 2. The SMILES string of the molecule is CCN1CCCC(CN2CC(C)CCC(NC)C2=O)C1. The zero-order chi connectivity index (χ0) is 14.5. The second-order valence-electron chi connectivity index (χ2n) is 6.67. The van der Waals surface area contributed by atoms with Crippen LogP contribution in [0.3, 0.4) is 0 Å². The molecule has 0 aromatic heterocycles. The van der Waals surface area contributed by atoms with Crippen molar-refractivity contribution in [2.45, 2.75) is 45.6 Å². The smallest absolute Gasteiger partial charge is 0.239 e. The van der Waals surface area contributed by atoms with Crippen LogP contribution >= 0.6 is 0 Å². The molecule has 4 nitrogen and oxygen atoms in total. The Morgan fingerprint density at radius 3 is 2.75 bits per heavy atom. The van der Waals surface area contributed by atoms with E-state index in [4.69, 9.17) is 0 Å².